The molecule has 0 heterocycles. The second kappa shape index (κ2) is 6.49. The Labute approximate surface area is 111 Å². The van der Waals surface area contributed by atoms with E-state index in [1.165, 1.54) is 0 Å². The van der Waals surface area contributed by atoms with Gasteiger partial charge in [0.05, 0.1) is 5.75 Å². The normalized spacial score (nSPS) is 12.0. The van der Waals surface area contributed by atoms with Crippen molar-refractivity contribution in [3.05, 3.63) is 34.3 Å². The Balaban J connectivity index is 2.52. The Morgan fingerprint density at radius 2 is 1.82 bits per heavy atom. The van der Waals surface area contributed by atoms with Gasteiger partial charge in [0, 0.05) is 17.6 Å². The van der Waals surface area contributed by atoms with E-state index in [9.17, 15) is 8.42 Å². The highest BCUT2D eigenvalue weighted by Gasteiger charge is 2.10. The van der Waals surface area contributed by atoms with E-state index in [1.807, 2.05) is 31.1 Å². The Morgan fingerprint density at radius 1 is 1.24 bits per heavy atom. The Morgan fingerprint density at radius 3 is 2.35 bits per heavy atom. The lowest BCUT2D eigenvalue weighted by molar-refractivity contribution is 0.412. The summed E-state index contributed by atoms with van der Waals surface area (Å²) in [4.78, 5) is 1.93. The van der Waals surface area contributed by atoms with Crippen LogP contribution >= 0.6 is 15.9 Å². The molecule has 0 spiro atoms. The van der Waals surface area contributed by atoms with Gasteiger partial charge < -0.3 is 4.90 Å². The van der Waals surface area contributed by atoms with Gasteiger partial charge in [-0.25, -0.2) is 13.1 Å². The summed E-state index contributed by atoms with van der Waals surface area (Å²) in [6, 6.07) is 7.28. The van der Waals surface area contributed by atoms with Gasteiger partial charge in [0.2, 0.25) is 10.0 Å². The van der Waals surface area contributed by atoms with E-state index in [-0.39, 0.29) is 5.75 Å². The second-order valence-corrected chi connectivity index (χ2v) is 6.81. The molecule has 0 radical (unpaired) electrons. The number of nitrogens with zero attached hydrogens (tertiary/aromatic N) is 1. The van der Waals surface area contributed by atoms with Crippen molar-refractivity contribution in [3.8, 4) is 0 Å². The molecule has 6 heteroatoms. The SMILES string of the molecule is CN(C)CCNS(=O)(=O)Cc1ccc(Br)cc1. The van der Waals surface area contributed by atoms with Crippen molar-refractivity contribution in [3.63, 3.8) is 0 Å². The van der Waals surface area contributed by atoms with Crippen LogP contribution in [0.25, 0.3) is 0 Å². The predicted molar refractivity (Wildman–Crippen MR) is 73.3 cm³/mol. The van der Waals surface area contributed by atoms with Crippen molar-refractivity contribution in [1.29, 1.82) is 0 Å². The van der Waals surface area contributed by atoms with Crippen molar-refractivity contribution in [2.75, 3.05) is 27.2 Å². The molecule has 96 valence electrons. The van der Waals surface area contributed by atoms with E-state index in [0.717, 1.165) is 10.0 Å². The van der Waals surface area contributed by atoms with Gasteiger partial charge in [0.1, 0.15) is 0 Å². The van der Waals surface area contributed by atoms with E-state index < -0.39 is 10.0 Å². The molecular formula is C11H17BrN2O2S. The average Bonchev–Trinajstić information content (AvgIpc) is 2.20. The minimum absolute atomic E-state index is 0.0215. The first-order valence-electron chi connectivity index (χ1n) is 5.25. The Bertz CT molecular complexity index is 443. The highest BCUT2D eigenvalue weighted by atomic mass is 79.9. The Kier molecular flexibility index (Phi) is 5.58. The molecule has 17 heavy (non-hydrogen) atoms. The molecule has 0 bridgehead atoms. The number of sulfonamides is 1. The van der Waals surface area contributed by atoms with Gasteiger partial charge in [-0.2, -0.15) is 0 Å². The first kappa shape index (κ1) is 14.6. The maximum absolute atomic E-state index is 11.7. The van der Waals surface area contributed by atoms with Gasteiger partial charge in [-0.15, -0.1) is 0 Å². The van der Waals surface area contributed by atoms with Crippen molar-refractivity contribution in [2.24, 2.45) is 0 Å². The van der Waals surface area contributed by atoms with Crippen LogP contribution in [0.3, 0.4) is 0 Å². The van der Waals surface area contributed by atoms with Gasteiger partial charge >= 0.3 is 0 Å². The van der Waals surface area contributed by atoms with Gasteiger partial charge in [-0.3, -0.25) is 0 Å². The average molecular weight is 321 g/mol. The van der Waals surface area contributed by atoms with Gasteiger partial charge in [0.25, 0.3) is 0 Å². The lowest BCUT2D eigenvalue weighted by atomic mass is 10.2. The molecular weight excluding hydrogens is 304 g/mol. The third-order valence-corrected chi connectivity index (χ3v) is 4.04. The Hall–Kier alpha value is -0.430. The number of halogens is 1. The molecule has 1 N–H and O–H groups in total. The van der Waals surface area contributed by atoms with Gasteiger partial charge in [-0.1, -0.05) is 28.1 Å². The lowest BCUT2D eigenvalue weighted by Gasteiger charge is -2.11. The third-order valence-electron chi connectivity index (χ3n) is 2.15. The molecule has 0 fully saturated rings. The number of benzene rings is 1. The fourth-order valence-corrected chi connectivity index (χ4v) is 2.68. The molecule has 0 saturated carbocycles. The van der Waals surface area contributed by atoms with Crippen molar-refractivity contribution < 1.29 is 8.42 Å². The summed E-state index contributed by atoms with van der Waals surface area (Å²) in [5, 5.41) is 0. The highest BCUT2D eigenvalue weighted by molar-refractivity contribution is 9.10. The van der Waals surface area contributed by atoms with E-state index in [4.69, 9.17) is 0 Å². The first-order valence-corrected chi connectivity index (χ1v) is 7.70. The van der Waals surface area contributed by atoms with Crippen LogP contribution in [-0.4, -0.2) is 40.5 Å². The molecule has 1 aromatic carbocycles. The minimum atomic E-state index is -3.24. The highest BCUT2D eigenvalue weighted by Crippen LogP contribution is 2.12. The minimum Gasteiger partial charge on any atom is -0.308 e. The summed E-state index contributed by atoms with van der Waals surface area (Å²) in [5.74, 6) is 0.0215. The molecule has 0 unspecified atom stereocenters. The standard InChI is InChI=1S/C11H17BrN2O2S/c1-14(2)8-7-13-17(15,16)9-10-3-5-11(12)6-4-10/h3-6,13H,7-9H2,1-2H3. The second-order valence-electron chi connectivity index (χ2n) is 4.08. The monoisotopic (exact) mass is 320 g/mol. The van der Waals surface area contributed by atoms with Gasteiger partial charge in [0.15, 0.2) is 0 Å². The molecule has 0 atom stereocenters. The molecule has 4 nitrogen and oxygen atoms in total. The maximum atomic E-state index is 11.7. The van der Waals surface area contributed by atoms with Crippen LogP contribution in [0, 0.1) is 0 Å². The molecule has 0 saturated heterocycles. The zero-order chi connectivity index (χ0) is 12.9. The number of hydrogen-bond donors (Lipinski definition) is 1. The fourth-order valence-electron chi connectivity index (χ4n) is 1.28. The van der Waals surface area contributed by atoms with E-state index in [1.54, 1.807) is 12.1 Å². The molecule has 1 rings (SSSR count). The zero-order valence-electron chi connectivity index (χ0n) is 9.98. The molecule has 0 aliphatic heterocycles. The number of likely N-dealkylation sites (N-methyl/N-ethyl adjacent to an activating group) is 1. The van der Waals surface area contributed by atoms with E-state index >= 15 is 0 Å². The number of nitrogens with one attached hydrogen (secondary N) is 1. The first-order chi connectivity index (χ1) is 7.89. The summed E-state index contributed by atoms with van der Waals surface area (Å²) < 4.78 is 27.0. The zero-order valence-corrected chi connectivity index (χ0v) is 12.4. The topological polar surface area (TPSA) is 49.4 Å². The third kappa shape index (κ3) is 6.16. The van der Waals surface area contributed by atoms with Crippen molar-refractivity contribution >= 4 is 26.0 Å². The quantitative estimate of drug-likeness (QED) is 0.862. The van der Waals surface area contributed by atoms with Crippen LogP contribution < -0.4 is 4.72 Å². The van der Waals surface area contributed by atoms with Gasteiger partial charge in [-0.05, 0) is 31.8 Å². The van der Waals surface area contributed by atoms with Crippen molar-refractivity contribution in [2.45, 2.75) is 5.75 Å². The van der Waals surface area contributed by atoms with Crippen LogP contribution in [0.4, 0.5) is 0 Å². The molecule has 0 aliphatic rings. The molecule has 0 aliphatic carbocycles. The number of hydrogen-bond acceptors (Lipinski definition) is 3. The molecule has 0 aromatic heterocycles. The largest absolute Gasteiger partial charge is 0.308 e. The number of rotatable bonds is 6. The van der Waals surface area contributed by atoms with E-state index in [2.05, 4.69) is 20.7 Å². The van der Waals surface area contributed by atoms with E-state index in [0.29, 0.717) is 13.1 Å². The molecule has 0 amide bonds. The predicted octanol–water partition coefficient (Wildman–Crippen LogP) is 1.43. The maximum Gasteiger partial charge on any atom is 0.215 e. The molecule has 1 aromatic rings. The van der Waals surface area contributed by atoms with Crippen LogP contribution in [0.5, 0.6) is 0 Å². The summed E-state index contributed by atoms with van der Waals surface area (Å²) >= 11 is 3.31. The summed E-state index contributed by atoms with van der Waals surface area (Å²) in [6.45, 7) is 1.13. The fraction of sp³-hybridized carbons (Fsp3) is 0.455. The van der Waals surface area contributed by atoms with Crippen molar-refractivity contribution in [1.82, 2.24) is 9.62 Å². The van der Waals surface area contributed by atoms with Crippen LogP contribution in [-0.2, 0) is 15.8 Å². The summed E-state index contributed by atoms with van der Waals surface area (Å²) in [6.07, 6.45) is 0. The lowest BCUT2D eigenvalue weighted by Crippen LogP contribution is -2.32. The summed E-state index contributed by atoms with van der Waals surface area (Å²) in [7, 11) is 0.576. The van der Waals surface area contributed by atoms with Crippen LogP contribution in [0.2, 0.25) is 0 Å². The van der Waals surface area contributed by atoms with Crippen LogP contribution in [0.15, 0.2) is 28.7 Å². The summed E-state index contributed by atoms with van der Waals surface area (Å²) in [5.41, 5.74) is 0.783. The smallest absolute Gasteiger partial charge is 0.215 e. The van der Waals surface area contributed by atoms with Crippen LogP contribution in [0.1, 0.15) is 5.56 Å².